The summed E-state index contributed by atoms with van der Waals surface area (Å²) in [5, 5.41) is 20.4. The van der Waals surface area contributed by atoms with Crippen LogP contribution in [0.25, 0.3) is 21.5 Å². The Labute approximate surface area is 164 Å². The van der Waals surface area contributed by atoms with Crippen LogP contribution in [0, 0.1) is 5.82 Å². The second-order valence-corrected chi connectivity index (χ2v) is 6.27. The fraction of sp³-hybridized carbons (Fsp3) is 0. The number of hydrogen-bond acceptors (Lipinski definition) is 4. The highest BCUT2D eigenvalue weighted by Crippen LogP contribution is 2.26. The molecule has 0 aliphatic heterocycles. The summed E-state index contributed by atoms with van der Waals surface area (Å²) >= 11 is 0. The zero-order chi connectivity index (χ0) is 21.1. The van der Waals surface area contributed by atoms with Gasteiger partial charge >= 0.3 is 11.9 Å². The molecule has 0 saturated heterocycles. The minimum Gasteiger partial charge on any atom is -0.478 e. The lowest BCUT2D eigenvalue weighted by Crippen LogP contribution is -2.05. The third-order valence-corrected chi connectivity index (χ3v) is 4.40. The Bertz CT molecular complexity index is 1250. The first-order valence-electron chi connectivity index (χ1n) is 8.51. The molecule has 0 amide bonds. The number of nitrogen functional groups attached to an aromatic ring is 2. The summed E-state index contributed by atoms with van der Waals surface area (Å²) in [4.78, 5) is 21.6. The number of carbonyl (C=O) groups is 2. The molecule has 4 rings (SSSR count). The number of halogens is 1. The minimum absolute atomic E-state index is 0.156. The van der Waals surface area contributed by atoms with Gasteiger partial charge in [-0.2, -0.15) is 0 Å². The average Bonchev–Trinajstić information content (AvgIpc) is 2.70. The van der Waals surface area contributed by atoms with Crippen LogP contribution in [0.5, 0.6) is 0 Å². The predicted molar refractivity (Wildman–Crippen MR) is 111 cm³/mol. The van der Waals surface area contributed by atoms with Crippen LogP contribution in [0.2, 0.25) is 0 Å². The predicted octanol–water partition coefficient (Wildman–Crippen LogP) is 4.38. The Balaban J connectivity index is 0.000000166. The molecule has 4 aromatic rings. The van der Waals surface area contributed by atoms with Crippen molar-refractivity contribution in [1.29, 1.82) is 0 Å². The molecule has 0 saturated carbocycles. The van der Waals surface area contributed by atoms with E-state index in [4.69, 9.17) is 21.7 Å². The Kier molecular flexibility index (Phi) is 5.32. The Morgan fingerprint density at radius 1 is 0.724 bits per heavy atom. The van der Waals surface area contributed by atoms with E-state index in [1.807, 2.05) is 24.3 Å². The fourth-order valence-electron chi connectivity index (χ4n) is 2.94. The molecule has 0 heterocycles. The van der Waals surface area contributed by atoms with Crippen molar-refractivity contribution in [2.75, 3.05) is 11.5 Å². The van der Waals surface area contributed by atoms with Gasteiger partial charge in [-0.05, 0) is 34.4 Å². The summed E-state index contributed by atoms with van der Waals surface area (Å²) in [6.45, 7) is 0. The Hall–Kier alpha value is -4.13. The lowest BCUT2D eigenvalue weighted by Gasteiger charge is -2.06. The third kappa shape index (κ3) is 3.93. The average molecular weight is 392 g/mol. The van der Waals surface area contributed by atoms with Crippen molar-refractivity contribution in [3.8, 4) is 0 Å². The molecule has 0 fully saturated rings. The number of aromatic carboxylic acids is 2. The fourth-order valence-corrected chi connectivity index (χ4v) is 2.94. The van der Waals surface area contributed by atoms with Gasteiger partial charge in [-0.3, -0.25) is 0 Å². The van der Waals surface area contributed by atoms with Crippen LogP contribution in [-0.2, 0) is 0 Å². The van der Waals surface area contributed by atoms with Crippen LogP contribution in [0.15, 0.2) is 66.7 Å². The maximum atomic E-state index is 13.6. The minimum atomic E-state index is -1.22. The topological polar surface area (TPSA) is 127 Å². The molecule has 146 valence electrons. The van der Waals surface area contributed by atoms with Crippen LogP contribution in [-0.4, -0.2) is 22.2 Å². The van der Waals surface area contributed by atoms with Gasteiger partial charge in [0.1, 0.15) is 0 Å². The number of benzene rings is 4. The van der Waals surface area contributed by atoms with Gasteiger partial charge in [-0.1, -0.05) is 48.5 Å². The van der Waals surface area contributed by atoms with Gasteiger partial charge < -0.3 is 21.7 Å². The summed E-state index contributed by atoms with van der Waals surface area (Å²) in [5.74, 6) is -2.89. The SMILES string of the molecule is Nc1c(C(=O)O)cc2ccccc2c1F.Nc1cc2ccccc2cc1C(=O)O. The monoisotopic (exact) mass is 392 g/mol. The van der Waals surface area contributed by atoms with Crippen LogP contribution in [0.4, 0.5) is 15.8 Å². The summed E-state index contributed by atoms with van der Waals surface area (Å²) < 4.78 is 13.6. The van der Waals surface area contributed by atoms with E-state index in [-0.39, 0.29) is 16.8 Å². The van der Waals surface area contributed by atoms with Crippen LogP contribution in [0.1, 0.15) is 20.7 Å². The Morgan fingerprint density at radius 3 is 1.79 bits per heavy atom. The van der Waals surface area contributed by atoms with E-state index in [2.05, 4.69) is 0 Å². The summed E-state index contributed by atoms with van der Waals surface area (Å²) in [7, 11) is 0. The first-order valence-corrected chi connectivity index (χ1v) is 8.51. The zero-order valence-corrected chi connectivity index (χ0v) is 15.1. The normalized spacial score (nSPS) is 10.4. The van der Waals surface area contributed by atoms with Crippen molar-refractivity contribution < 1.29 is 24.2 Å². The summed E-state index contributed by atoms with van der Waals surface area (Å²) in [6.07, 6.45) is 0. The summed E-state index contributed by atoms with van der Waals surface area (Å²) in [5.41, 5.74) is 10.9. The molecule has 0 radical (unpaired) electrons. The van der Waals surface area contributed by atoms with Crippen molar-refractivity contribution in [2.24, 2.45) is 0 Å². The molecule has 0 spiro atoms. The molecular formula is C22H17FN2O4. The molecule has 0 bridgehead atoms. The highest BCUT2D eigenvalue weighted by molar-refractivity contribution is 6.01. The second-order valence-electron chi connectivity index (χ2n) is 6.27. The number of nitrogens with two attached hydrogens (primary N) is 2. The molecule has 4 aromatic carbocycles. The number of hydrogen-bond donors (Lipinski definition) is 4. The first-order chi connectivity index (χ1) is 13.8. The maximum Gasteiger partial charge on any atom is 0.337 e. The molecule has 29 heavy (non-hydrogen) atoms. The molecule has 0 aliphatic carbocycles. The van der Waals surface area contributed by atoms with Gasteiger partial charge in [0.05, 0.1) is 16.8 Å². The maximum absolute atomic E-state index is 13.6. The van der Waals surface area contributed by atoms with Gasteiger partial charge in [-0.25, -0.2) is 14.0 Å². The molecule has 6 nitrogen and oxygen atoms in total. The number of rotatable bonds is 2. The number of carboxylic acids is 2. The van der Waals surface area contributed by atoms with Crippen LogP contribution < -0.4 is 11.5 Å². The van der Waals surface area contributed by atoms with Gasteiger partial charge in [0.25, 0.3) is 0 Å². The summed E-state index contributed by atoms with van der Waals surface area (Å²) in [6, 6.07) is 18.7. The number of carboxylic acid groups (broad SMARTS) is 2. The number of fused-ring (bicyclic) bond motifs is 2. The van der Waals surface area contributed by atoms with E-state index in [1.165, 1.54) is 6.07 Å². The van der Waals surface area contributed by atoms with Gasteiger partial charge in [-0.15, -0.1) is 0 Å². The van der Waals surface area contributed by atoms with Crippen molar-refractivity contribution in [3.63, 3.8) is 0 Å². The van der Waals surface area contributed by atoms with E-state index >= 15 is 0 Å². The van der Waals surface area contributed by atoms with Gasteiger partial charge in [0.15, 0.2) is 5.82 Å². The highest BCUT2D eigenvalue weighted by atomic mass is 19.1. The van der Waals surface area contributed by atoms with E-state index < -0.39 is 17.8 Å². The quantitative estimate of drug-likeness (QED) is 0.375. The molecule has 6 N–H and O–H groups in total. The molecule has 0 atom stereocenters. The third-order valence-electron chi connectivity index (χ3n) is 4.40. The molecular weight excluding hydrogens is 375 g/mol. The van der Waals surface area contributed by atoms with Gasteiger partial charge in [0.2, 0.25) is 0 Å². The van der Waals surface area contributed by atoms with Gasteiger partial charge in [0, 0.05) is 11.1 Å². The van der Waals surface area contributed by atoms with E-state index in [0.717, 1.165) is 10.8 Å². The Morgan fingerprint density at radius 2 is 1.21 bits per heavy atom. The highest BCUT2D eigenvalue weighted by Gasteiger charge is 2.15. The van der Waals surface area contributed by atoms with Crippen molar-refractivity contribution >= 4 is 44.9 Å². The van der Waals surface area contributed by atoms with Crippen molar-refractivity contribution in [1.82, 2.24) is 0 Å². The van der Waals surface area contributed by atoms with E-state index in [1.54, 1.807) is 36.4 Å². The first kappa shape index (κ1) is 19.6. The number of anilines is 2. The smallest absolute Gasteiger partial charge is 0.337 e. The lowest BCUT2D eigenvalue weighted by atomic mass is 10.0. The van der Waals surface area contributed by atoms with Crippen molar-refractivity contribution in [2.45, 2.75) is 0 Å². The lowest BCUT2D eigenvalue weighted by molar-refractivity contribution is 0.0687. The largest absolute Gasteiger partial charge is 0.478 e. The molecule has 7 heteroatoms. The second kappa shape index (κ2) is 7.85. The van der Waals surface area contributed by atoms with E-state index in [9.17, 15) is 14.0 Å². The van der Waals surface area contributed by atoms with E-state index in [0.29, 0.717) is 16.5 Å². The molecule has 0 aliphatic rings. The standard InChI is InChI=1S/C11H8FNO2.C11H9NO2/c12-9-7-4-2-1-3-6(7)5-8(10(9)13)11(14)15;12-10-6-8-4-2-1-3-7(8)5-9(10)11(13)14/h1-5H,13H2,(H,14,15);1-6H,12H2,(H,13,14). The molecule has 0 aromatic heterocycles. The van der Waals surface area contributed by atoms with Crippen LogP contribution in [0.3, 0.4) is 0 Å². The zero-order valence-electron chi connectivity index (χ0n) is 15.1. The van der Waals surface area contributed by atoms with Crippen molar-refractivity contribution in [3.05, 3.63) is 83.7 Å². The van der Waals surface area contributed by atoms with Crippen LogP contribution >= 0.6 is 0 Å². The molecule has 0 unspecified atom stereocenters.